The summed E-state index contributed by atoms with van der Waals surface area (Å²) >= 11 is 0. The minimum absolute atomic E-state index is 0.185. The van der Waals surface area contributed by atoms with Gasteiger partial charge < -0.3 is 9.84 Å². The van der Waals surface area contributed by atoms with Crippen molar-refractivity contribution in [2.75, 3.05) is 0 Å². The van der Waals surface area contributed by atoms with Crippen molar-refractivity contribution in [1.29, 1.82) is 0 Å². The third-order valence-electron chi connectivity index (χ3n) is 2.68. The minimum Gasteiger partial charge on any atom is -0.507 e. The highest BCUT2D eigenvalue weighted by Gasteiger charge is 2.23. The molecule has 0 amide bonds. The van der Waals surface area contributed by atoms with E-state index < -0.39 is 32.9 Å². The van der Waals surface area contributed by atoms with Crippen LogP contribution in [0, 0.1) is 20.2 Å². The fourth-order valence-corrected chi connectivity index (χ4v) is 1.65. The van der Waals surface area contributed by atoms with Crippen LogP contribution < -0.4 is 4.74 Å². The van der Waals surface area contributed by atoms with E-state index in [1.807, 2.05) is 0 Å². The van der Waals surface area contributed by atoms with Crippen LogP contribution in [0.3, 0.4) is 0 Å². The van der Waals surface area contributed by atoms with E-state index in [-0.39, 0.29) is 11.3 Å². The fourth-order valence-electron chi connectivity index (χ4n) is 1.65. The number of nitro benzene ring substituents is 2. The number of carbonyl (C=O) groups excluding carboxylic acids is 1. The zero-order valence-corrected chi connectivity index (χ0v) is 10.8. The van der Waals surface area contributed by atoms with Crippen molar-refractivity contribution >= 4 is 17.3 Å². The number of nitro groups is 2. The topological polar surface area (TPSA) is 133 Å². The van der Waals surface area contributed by atoms with E-state index in [0.29, 0.717) is 6.07 Å². The van der Waals surface area contributed by atoms with Crippen LogP contribution in [0.25, 0.3) is 0 Å². The van der Waals surface area contributed by atoms with Crippen LogP contribution in [-0.4, -0.2) is 20.9 Å². The van der Waals surface area contributed by atoms with E-state index in [2.05, 4.69) is 0 Å². The van der Waals surface area contributed by atoms with Crippen LogP contribution in [0.15, 0.2) is 42.5 Å². The van der Waals surface area contributed by atoms with Gasteiger partial charge in [0.15, 0.2) is 0 Å². The van der Waals surface area contributed by atoms with Crippen LogP contribution in [0.5, 0.6) is 11.5 Å². The Bertz CT molecular complexity index is 773. The number of ether oxygens (including phenoxy) is 1. The number of phenols is 1. The molecular formula is C13H8N2O7. The van der Waals surface area contributed by atoms with Gasteiger partial charge in [0.1, 0.15) is 11.3 Å². The maximum absolute atomic E-state index is 11.9. The molecule has 0 fully saturated rings. The summed E-state index contributed by atoms with van der Waals surface area (Å²) in [5.74, 6) is -1.82. The van der Waals surface area contributed by atoms with Gasteiger partial charge in [0.05, 0.1) is 15.9 Å². The Labute approximate surface area is 122 Å². The van der Waals surface area contributed by atoms with Crippen molar-refractivity contribution < 1.29 is 24.5 Å². The largest absolute Gasteiger partial charge is 0.507 e. The summed E-state index contributed by atoms with van der Waals surface area (Å²) in [5.41, 5.74) is -1.41. The normalized spacial score (nSPS) is 10.0. The Hall–Kier alpha value is -3.49. The number of non-ortho nitro benzene ring substituents is 1. The highest BCUT2D eigenvalue weighted by atomic mass is 16.6. The molecule has 0 unspecified atom stereocenters. The number of phenolic OH excluding ortho intramolecular Hbond substituents is 1. The maximum atomic E-state index is 11.9. The second kappa shape index (κ2) is 5.87. The van der Waals surface area contributed by atoms with Crippen molar-refractivity contribution in [2.45, 2.75) is 0 Å². The average Bonchev–Trinajstić information content (AvgIpc) is 2.47. The summed E-state index contributed by atoms with van der Waals surface area (Å²) in [6.45, 7) is 0. The van der Waals surface area contributed by atoms with Gasteiger partial charge in [-0.1, -0.05) is 12.1 Å². The second-order valence-corrected chi connectivity index (χ2v) is 4.07. The molecule has 9 nitrogen and oxygen atoms in total. The third-order valence-corrected chi connectivity index (χ3v) is 2.68. The molecule has 0 bridgehead atoms. The molecule has 9 heteroatoms. The van der Waals surface area contributed by atoms with Crippen LogP contribution in [0.4, 0.5) is 11.4 Å². The Morgan fingerprint density at radius 1 is 1.05 bits per heavy atom. The van der Waals surface area contributed by atoms with Crippen LogP contribution >= 0.6 is 0 Å². The third kappa shape index (κ3) is 2.98. The molecule has 0 radical (unpaired) electrons. The molecule has 112 valence electrons. The molecule has 0 aliphatic heterocycles. The molecule has 0 aromatic heterocycles. The lowest BCUT2D eigenvalue weighted by Crippen LogP contribution is -2.10. The first-order chi connectivity index (χ1) is 10.4. The highest BCUT2D eigenvalue weighted by molar-refractivity contribution is 5.94. The van der Waals surface area contributed by atoms with Crippen molar-refractivity contribution in [3.63, 3.8) is 0 Å². The molecule has 2 rings (SSSR count). The SMILES string of the molecule is O=C(Oc1ccc([N+](=O)[O-])cc1[N+](=O)[O-])c1ccccc1O. The predicted octanol–water partition coefficient (Wildman–Crippen LogP) is 2.43. The first-order valence-electron chi connectivity index (χ1n) is 5.83. The standard InChI is InChI=1S/C13H8N2O7/c16-11-4-2-1-3-9(11)13(17)22-12-6-5-8(14(18)19)7-10(12)15(20)21/h1-7,16H. The number of hydrogen-bond donors (Lipinski definition) is 1. The van der Waals surface area contributed by atoms with Gasteiger partial charge in [-0.05, 0) is 18.2 Å². The summed E-state index contributed by atoms with van der Waals surface area (Å²) in [6, 6.07) is 8.10. The van der Waals surface area contributed by atoms with E-state index in [1.54, 1.807) is 0 Å². The number of aromatic hydroxyl groups is 1. The number of hydrogen-bond acceptors (Lipinski definition) is 7. The number of para-hydroxylation sites is 1. The molecule has 1 N–H and O–H groups in total. The first kappa shape index (κ1) is 14.9. The fraction of sp³-hybridized carbons (Fsp3) is 0. The number of nitrogens with zero attached hydrogens (tertiary/aromatic N) is 2. The van der Waals surface area contributed by atoms with Crippen molar-refractivity contribution in [3.8, 4) is 11.5 Å². The van der Waals surface area contributed by atoms with E-state index in [9.17, 15) is 30.1 Å². The lowest BCUT2D eigenvalue weighted by atomic mass is 10.2. The van der Waals surface area contributed by atoms with E-state index >= 15 is 0 Å². The lowest BCUT2D eigenvalue weighted by molar-refractivity contribution is -0.394. The summed E-state index contributed by atoms with van der Waals surface area (Å²) in [7, 11) is 0. The first-order valence-corrected chi connectivity index (χ1v) is 5.83. The molecule has 0 aliphatic rings. The summed E-state index contributed by atoms with van der Waals surface area (Å²) < 4.78 is 4.85. The Morgan fingerprint density at radius 2 is 1.73 bits per heavy atom. The van der Waals surface area contributed by atoms with Gasteiger partial charge in [0, 0.05) is 6.07 Å². The van der Waals surface area contributed by atoms with Crippen LogP contribution in [0.2, 0.25) is 0 Å². The molecule has 22 heavy (non-hydrogen) atoms. The minimum atomic E-state index is -1.02. The lowest BCUT2D eigenvalue weighted by Gasteiger charge is -2.06. The summed E-state index contributed by atoms with van der Waals surface area (Å²) in [5, 5.41) is 31.1. The molecule has 0 spiro atoms. The van der Waals surface area contributed by atoms with Gasteiger partial charge in [-0.25, -0.2) is 4.79 Å². The quantitative estimate of drug-likeness (QED) is 0.397. The molecule has 0 saturated heterocycles. The molecule has 2 aromatic carbocycles. The number of carbonyl (C=O) groups is 1. The Morgan fingerprint density at radius 3 is 2.32 bits per heavy atom. The Balaban J connectivity index is 2.37. The van der Waals surface area contributed by atoms with Crippen LogP contribution in [-0.2, 0) is 0 Å². The summed E-state index contributed by atoms with van der Waals surface area (Å²) in [4.78, 5) is 31.7. The van der Waals surface area contributed by atoms with Gasteiger partial charge in [0.25, 0.3) is 5.69 Å². The molecule has 0 aliphatic carbocycles. The van der Waals surface area contributed by atoms with Crippen LogP contribution in [0.1, 0.15) is 10.4 Å². The molecule has 0 atom stereocenters. The monoisotopic (exact) mass is 304 g/mol. The van der Waals surface area contributed by atoms with Crippen molar-refractivity contribution in [2.24, 2.45) is 0 Å². The molecular weight excluding hydrogens is 296 g/mol. The van der Waals surface area contributed by atoms with Crippen molar-refractivity contribution in [1.82, 2.24) is 0 Å². The van der Waals surface area contributed by atoms with E-state index in [4.69, 9.17) is 4.74 Å². The smallest absolute Gasteiger partial charge is 0.347 e. The van der Waals surface area contributed by atoms with Gasteiger partial charge in [-0.2, -0.15) is 0 Å². The predicted molar refractivity (Wildman–Crippen MR) is 72.8 cm³/mol. The highest BCUT2D eigenvalue weighted by Crippen LogP contribution is 2.32. The number of rotatable bonds is 4. The second-order valence-electron chi connectivity index (χ2n) is 4.07. The number of esters is 1. The van der Waals surface area contributed by atoms with Gasteiger partial charge >= 0.3 is 11.7 Å². The number of benzene rings is 2. The molecule has 0 heterocycles. The van der Waals surface area contributed by atoms with E-state index in [1.165, 1.54) is 24.3 Å². The van der Waals surface area contributed by atoms with Crippen molar-refractivity contribution in [3.05, 3.63) is 68.3 Å². The zero-order valence-electron chi connectivity index (χ0n) is 10.8. The average molecular weight is 304 g/mol. The Kier molecular flexibility index (Phi) is 3.98. The molecule has 0 saturated carbocycles. The van der Waals surface area contributed by atoms with Gasteiger partial charge in [-0.15, -0.1) is 0 Å². The van der Waals surface area contributed by atoms with Gasteiger partial charge in [-0.3, -0.25) is 20.2 Å². The van der Waals surface area contributed by atoms with Gasteiger partial charge in [0.2, 0.25) is 5.75 Å². The zero-order chi connectivity index (χ0) is 16.3. The summed E-state index contributed by atoms with van der Waals surface area (Å²) in [6.07, 6.45) is 0. The molecule has 2 aromatic rings. The maximum Gasteiger partial charge on any atom is 0.347 e. The van der Waals surface area contributed by atoms with E-state index in [0.717, 1.165) is 12.1 Å².